The SMILES string of the molecule is C[C]=NOC1CCCCO1. The number of ether oxygens (including phenoxy) is 1. The summed E-state index contributed by atoms with van der Waals surface area (Å²) >= 11 is 0. The lowest BCUT2D eigenvalue weighted by molar-refractivity contribution is -0.161. The van der Waals surface area contributed by atoms with Gasteiger partial charge in [0.25, 0.3) is 0 Å². The third-order valence-electron chi connectivity index (χ3n) is 1.40. The van der Waals surface area contributed by atoms with Crippen molar-refractivity contribution < 1.29 is 9.57 Å². The second kappa shape index (κ2) is 4.28. The molecule has 57 valence electrons. The summed E-state index contributed by atoms with van der Waals surface area (Å²) in [6.45, 7) is 2.49. The summed E-state index contributed by atoms with van der Waals surface area (Å²) in [5.74, 6) is 0. The highest BCUT2D eigenvalue weighted by molar-refractivity contribution is 5.52. The van der Waals surface area contributed by atoms with Gasteiger partial charge in [-0.15, -0.1) is 0 Å². The molecule has 0 N–H and O–H groups in total. The zero-order chi connectivity index (χ0) is 7.23. The fraction of sp³-hybridized carbons (Fsp3) is 0.857. The van der Waals surface area contributed by atoms with Gasteiger partial charge < -0.3 is 9.57 Å². The molecule has 0 saturated carbocycles. The Morgan fingerprint density at radius 3 is 3.10 bits per heavy atom. The quantitative estimate of drug-likeness (QED) is 0.431. The molecule has 0 aliphatic carbocycles. The van der Waals surface area contributed by atoms with Gasteiger partial charge in [0.2, 0.25) is 6.29 Å². The number of hydrogen-bond donors (Lipinski definition) is 0. The highest BCUT2D eigenvalue weighted by atomic mass is 16.8. The Kier molecular flexibility index (Phi) is 3.22. The molecule has 1 unspecified atom stereocenters. The number of hydrogen-bond acceptors (Lipinski definition) is 3. The smallest absolute Gasteiger partial charge is 0.226 e. The molecule has 1 heterocycles. The van der Waals surface area contributed by atoms with Crippen LogP contribution in [0.15, 0.2) is 5.16 Å². The van der Waals surface area contributed by atoms with Crippen LogP contribution >= 0.6 is 0 Å². The molecule has 0 spiro atoms. The lowest BCUT2D eigenvalue weighted by atomic mass is 10.2. The van der Waals surface area contributed by atoms with Gasteiger partial charge in [-0.05, 0) is 19.8 Å². The summed E-state index contributed by atoms with van der Waals surface area (Å²) in [5.41, 5.74) is 0. The van der Waals surface area contributed by atoms with E-state index in [4.69, 9.17) is 9.57 Å². The molecule has 0 bridgehead atoms. The fourth-order valence-corrected chi connectivity index (χ4v) is 0.906. The molecule has 10 heavy (non-hydrogen) atoms. The monoisotopic (exact) mass is 142 g/mol. The van der Waals surface area contributed by atoms with E-state index >= 15 is 0 Å². The molecular formula is C7H12NO2. The van der Waals surface area contributed by atoms with Crippen molar-refractivity contribution in [2.24, 2.45) is 5.16 Å². The molecule has 1 rings (SSSR count). The summed E-state index contributed by atoms with van der Waals surface area (Å²) in [4.78, 5) is 4.92. The molecule has 3 nitrogen and oxygen atoms in total. The molecule has 0 aromatic carbocycles. The van der Waals surface area contributed by atoms with Crippen LogP contribution in [0.3, 0.4) is 0 Å². The van der Waals surface area contributed by atoms with E-state index in [1.807, 2.05) is 0 Å². The minimum atomic E-state index is -0.124. The second-order valence-corrected chi connectivity index (χ2v) is 2.22. The van der Waals surface area contributed by atoms with Gasteiger partial charge in [0, 0.05) is 6.42 Å². The Balaban J connectivity index is 2.13. The van der Waals surface area contributed by atoms with Gasteiger partial charge in [-0.3, -0.25) is 0 Å². The van der Waals surface area contributed by atoms with Gasteiger partial charge in [-0.1, -0.05) is 5.16 Å². The van der Waals surface area contributed by atoms with Crippen LogP contribution in [0.4, 0.5) is 0 Å². The third kappa shape index (κ3) is 2.35. The van der Waals surface area contributed by atoms with E-state index in [0.29, 0.717) is 0 Å². The van der Waals surface area contributed by atoms with Crippen LogP contribution in [0, 0.1) is 0 Å². The molecular weight excluding hydrogens is 130 g/mol. The van der Waals surface area contributed by atoms with E-state index in [1.54, 1.807) is 6.92 Å². The topological polar surface area (TPSA) is 30.8 Å². The molecule has 1 saturated heterocycles. The van der Waals surface area contributed by atoms with E-state index in [0.717, 1.165) is 19.4 Å². The summed E-state index contributed by atoms with van der Waals surface area (Å²) < 4.78 is 5.22. The van der Waals surface area contributed by atoms with Crippen LogP contribution in [0.5, 0.6) is 0 Å². The molecule has 1 fully saturated rings. The average molecular weight is 142 g/mol. The Morgan fingerprint density at radius 1 is 1.60 bits per heavy atom. The largest absolute Gasteiger partial charge is 0.363 e. The maximum atomic E-state index is 5.22. The standard InChI is InChI=1S/C7H12NO2/c1-2-8-10-7-5-3-4-6-9-7/h7H,3-6H2,1H3. The first-order chi connectivity index (χ1) is 4.93. The van der Waals surface area contributed by atoms with Crippen molar-refractivity contribution in [2.45, 2.75) is 32.5 Å². The fourth-order valence-electron chi connectivity index (χ4n) is 0.906. The van der Waals surface area contributed by atoms with Gasteiger partial charge in [0.1, 0.15) is 6.21 Å². The number of rotatable bonds is 2. The van der Waals surface area contributed by atoms with Gasteiger partial charge in [0.15, 0.2) is 0 Å². The van der Waals surface area contributed by atoms with Gasteiger partial charge >= 0.3 is 0 Å². The Hall–Kier alpha value is -0.570. The van der Waals surface area contributed by atoms with Crippen LogP contribution in [-0.2, 0) is 9.57 Å². The van der Waals surface area contributed by atoms with Crippen molar-refractivity contribution >= 4 is 6.21 Å². The molecule has 1 radical (unpaired) electrons. The Bertz CT molecular complexity index is 108. The van der Waals surface area contributed by atoms with E-state index < -0.39 is 0 Å². The van der Waals surface area contributed by atoms with Crippen molar-refractivity contribution in [1.29, 1.82) is 0 Å². The van der Waals surface area contributed by atoms with E-state index in [-0.39, 0.29) is 6.29 Å². The first kappa shape index (κ1) is 7.54. The van der Waals surface area contributed by atoms with Crippen LogP contribution in [0.1, 0.15) is 26.2 Å². The summed E-state index contributed by atoms with van der Waals surface area (Å²) in [6, 6.07) is 0. The Labute approximate surface area is 61.0 Å². The van der Waals surface area contributed by atoms with Crippen molar-refractivity contribution in [3.8, 4) is 0 Å². The van der Waals surface area contributed by atoms with E-state index in [1.165, 1.54) is 6.42 Å². The lowest BCUT2D eigenvalue weighted by Crippen LogP contribution is -2.20. The van der Waals surface area contributed by atoms with Crippen LogP contribution in [0.25, 0.3) is 0 Å². The maximum absolute atomic E-state index is 5.22. The predicted molar refractivity (Wildman–Crippen MR) is 37.8 cm³/mol. The number of nitrogens with zero attached hydrogens (tertiary/aromatic N) is 1. The zero-order valence-electron chi connectivity index (χ0n) is 6.17. The lowest BCUT2D eigenvalue weighted by Gasteiger charge is -2.19. The summed E-state index contributed by atoms with van der Waals surface area (Å²) in [5, 5.41) is 3.52. The summed E-state index contributed by atoms with van der Waals surface area (Å²) in [7, 11) is 0. The van der Waals surface area contributed by atoms with E-state index in [2.05, 4.69) is 11.4 Å². The Morgan fingerprint density at radius 2 is 2.50 bits per heavy atom. The molecule has 1 aliphatic rings. The molecule has 0 aromatic heterocycles. The highest BCUT2D eigenvalue weighted by Crippen LogP contribution is 2.13. The maximum Gasteiger partial charge on any atom is 0.226 e. The molecule has 1 aliphatic heterocycles. The predicted octanol–water partition coefficient (Wildman–Crippen LogP) is 1.41. The first-order valence-corrected chi connectivity index (χ1v) is 3.57. The third-order valence-corrected chi connectivity index (χ3v) is 1.40. The second-order valence-electron chi connectivity index (χ2n) is 2.22. The zero-order valence-corrected chi connectivity index (χ0v) is 6.17. The first-order valence-electron chi connectivity index (χ1n) is 3.57. The van der Waals surface area contributed by atoms with Crippen molar-refractivity contribution in [3.63, 3.8) is 0 Å². The minimum Gasteiger partial charge on any atom is -0.363 e. The van der Waals surface area contributed by atoms with Crippen LogP contribution < -0.4 is 0 Å². The normalized spacial score (nSPS) is 27.1. The molecule has 0 amide bonds. The van der Waals surface area contributed by atoms with Gasteiger partial charge in [-0.25, -0.2) is 0 Å². The van der Waals surface area contributed by atoms with Gasteiger partial charge in [0.05, 0.1) is 6.61 Å². The van der Waals surface area contributed by atoms with Crippen molar-refractivity contribution in [3.05, 3.63) is 0 Å². The minimum absolute atomic E-state index is 0.124. The van der Waals surface area contributed by atoms with Crippen LogP contribution in [0.2, 0.25) is 0 Å². The van der Waals surface area contributed by atoms with Gasteiger partial charge in [-0.2, -0.15) is 0 Å². The van der Waals surface area contributed by atoms with Crippen molar-refractivity contribution in [1.82, 2.24) is 0 Å². The summed E-state index contributed by atoms with van der Waals surface area (Å²) in [6.07, 6.45) is 5.67. The van der Waals surface area contributed by atoms with Crippen molar-refractivity contribution in [2.75, 3.05) is 6.61 Å². The molecule has 1 atom stereocenters. The highest BCUT2D eigenvalue weighted by Gasteiger charge is 2.13. The molecule has 0 aromatic rings. The molecule has 3 heteroatoms. The van der Waals surface area contributed by atoms with Crippen LogP contribution in [-0.4, -0.2) is 19.1 Å². The van der Waals surface area contributed by atoms with E-state index in [9.17, 15) is 0 Å². The average Bonchev–Trinajstić information content (AvgIpc) is 2.03.